The van der Waals surface area contributed by atoms with E-state index in [9.17, 15) is 4.79 Å². The lowest BCUT2D eigenvalue weighted by Gasteiger charge is -2.35. The maximum Gasteiger partial charge on any atom is 0.253 e. The fourth-order valence-corrected chi connectivity index (χ4v) is 3.64. The van der Waals surface area contributed by atoms with Crippen LogP contribution >= 0.6 is 0 Å². The molecule has 1 amide bonds. The maximum atomic E-state index is 12.9. The lowest BCUT2D eigenvalue weighted by Crippen LogP contribution is -2.50. The standard InChI is InChI=1S/C18H26N2O2/c1-3-19-11-12-22-17(13-19)18(21)20-10-6-9-16(20)15-8-5-4-7-14(15)2/h4-5,7-8,16-17H,3,6,9-13H2,1-2H3/t16-,17+/m1/s1. The molecule has 0 spiro atoms. The average Bonchev–Trinajstić information content (AvgIpc) is 3.04. The molecule has 0 radical (unpaired) electrons. The summed E-state index contributed by atoms with van der Waals surface area (Å²) >= 11 is 0. The minimum Gasteiger partial charge on any atom is -0.366 e. The quantitative estimate of drug-likeness (QED) is 0.859. The van der Waals surface area contributed by atoms with E-state index < -0.39 is 0 Å². The third-order valence-corrected chi connectivity index (χ3v) is 4.96. The molecule has 2 aliphatic heterocycles. The molecule has 1 aromatic rings. The van der Waals surface area contributed by atoms with Crippen molar-refractivity contribution in [3.05, 3.63) is 35.4 Å². The SMILES string of the molecule is CCN1CCO[C@H](C(=O)N2CCC[C@@H]2c2ccccc2C)C1. The number of hydrogen-bond acceptors (Lipinski definition) is 3. The van der Waals surface area contributed by atoms with Gasteiger partial charge in [0.15, 0.2) is 0 Å². The molecule has 2 aliphatic rings. The molecule has 2 heterocycles. The van der Waals surface area contributed by atoms with Gasteiger partial charge < -0.3 is 9.64 Å². The zero-order valence-corrected chi connectivity index (χ0v) is 13.6. The van der Waals surface area contributed by atoms with Gasteiger partial charge in [-0.15, -0.1) is 0 Å². The van der Waals surface area contributed by atoms with Crippen molar-refractivity contribution in [2.75, 3.05) is 32.8 Å². The van der Waals surface area contributed by atoms with Gasteiger partial charge in [-0.05, 0) is 37.4 Å². The van der Waals surface area contributed by atoms with Crippen LogP contribution in [0.5, 0.6) is 0 Å². The number of ether oxygens (including phenoxy) is 1. The number of rotatable bonds is 3. The third-order valence-electron chi connectivity index (χ3n) is 4.96. The first-order chi connectivity index (χ1) is 10.7. The van der Waals surface area contributed by atoms with Crippen LogP contribution in [0.15, 0.2) is 24.3 Å². The highest BCUT2D eigenvalue weighted by atomic mass is 16.5. The van der Waals surface area contributed by atoms with Crippen LogP contribution < -0.4 is 0 Å². The van der Waals surface area contributed by atoms with E-state index in [-0.39, 0.29) is 18.1 Å². The first-order valence-electron chi connectivity index (χ1n) is 8.40. The predicted molar refractivity (Wildman–Crippen MR) is 86.7 cm³/mol. The number of likely N-dealkylation sites (tertiary alicyclic amines) is 1. The highest BCUT2D eigenvalue weighted by molar-refractivity contribution is 5.82. The van der Waals surface area contributed by atoms with Crippen LogP contribution in [0.1, 0.15) is 36.9 Å². The third kappa shape index (κ3) is 3.03. The monoisotopic (exact) mass is 302 g/mol. The highest BCUT2D eigenvalue weighted by Gasteiger charge is 2.36. The summed E-state index contributed by atoms with van der Waals surface area (Å²) in [5.41, 5.74) is 2.56. The number of likely N-dealkylation sites (N-methyl/N-ethyl adjacent to an activating group) is 1. The molecular formula is C18H26N2O2. The summed E-state index contributed by atoms with van der Waals surface area (Å²) < 4.78 is 5.77. The van der Waals surface area contributed by atoms with Gasteiger partial charge in [-0.2, -0.15) is 0 Å². The van der Waals surface area contributed by atoms with Crippen LogP contribution in [-0.2, 0) is 9.53 Å². The topological polar surface area (TPSA) is 32.8 Å². The molecule has 0 saturated carbocycles. The molecule has 22 heavy (non-hydrogen) atoms. The average molecular weight is 302 g/mol. The molecule has 2 saturated heterocycles. The van der Waals surface area contributed by atoms with E-state index in [1.807, 2.05) is 4.90 Å². The smallest absolute Gasteiger partial charge is 0.253 e. The lowest BCUT2D eigenvalue weighted by molar-refractivity contribution is -0.150. The van der Waals surface area contributed by atoms with Crippen molar-refractivity contribution in [2.45, 2.75) is 38.8 Å². The minimum absolute atomic E-state index is 0.170. The van der Waals surface area contributed by atoms with Gasteiger partial charge in [-0.25, -0.2) is 0 Å². The van der Waals surface area contributed by atoms with E-state index >= 15 is 0 Å². The zero-order chi connectivity index (χ0) is 15.5. The van der Waals surface area contributed by atoms with Crippen LogP contribution in [0.3, 0.4) is 0 Å². The normalized spacial score (nSPS) is 26.4. The van der Waals surface area contributed by atoms with Crippen molar-refractivity contribution in [2.24, 2.45) is 0 Å². The molecule has 2 fully saturated rings. The molecule has 120 valence electrons. The van der Waals surface area contributed by atoms with Crippen LogP contribution in [0.25, 0.3) is 0 Å². The van der Waals surface area contributed by atoms with Crippen LogP contribution in [0.4, 0.5) is 0 Å². The Labute approximate surface area is 133 Å². The molecular weight excluding hydrogens is 276 g/mol. The van der Waals surface area contributed by atoms with Crippen molar-refractivity contribution >= 4 is 5.91 Å². The number of carbonyl (C=O) groups is 1. The molecule has 0 bridgehead atoms. The number of nitrogens with zero attached hydrogens (tertiary/aromatic N) is 2. The Balaban J connectivity index is 1.75. The van der Waals surface area contributed by atoms with Gasteiger partial charge >= 0.3 is 0 Å². The molecule has 0 N–H and O–H groups in total. The second kappa shape index (κ2) is 6.80. The summed E-state index contributed by atoms with van der Waals surface area (Å²) in [6.07, 6.45) is 1.84. The number of benzene rings is 1. The second-order valence-corrected chi connectivity index (χ2v) is 6.30. The maximum absolute atomic E-state index is 12.9. The predicted octanol–water partition coefficient (Wildman–Crippen LogP) is 2.38. The van der Waals surface area contributed by atoms with Crippen LogP contribution in [0.2, 0.25) is 0 Å². The summed E-state index contributed by atoms with van der Waals surface area (Å²) in [5.74, 6) is 0.170. The van der Waals surface area contributed by atoms with E-state index in [0.717, 1.165) is 39.0 Å². The Morgan fingerprint density at radius 3 is 2.91 bits per heavy atom. The van der Waals surface area contributed by atoms with Crippen molar-refractivity contribution in [1.82, 2.24) is 9.80 Å². The van der Waals surface area contributed by atoms with Gasteiger partial charge in [-0.1, -0.05) is 31.2 Å². The van der Waals surface area contributed by atoms with Crippen molar-refractivity contribution in [1.29, 1.82) is 0 Å². The fraction of sp³-hybridized carbons (Fsp3) is 0.611. The summed E-state index contributed by atoms with van der Waals surface area (Å²) in [6.45, 7) is 8.42. The van der Waals surface area contributed by atoms with E-state index in [1.54, 1.807) is 0 Å². The zero-order valence-electron chi connectivity index (χ0n) is 13.6. The van der Waals surface area contributed by atoms with Gasteiger partial charge in [0.1, 0.15) is 6.10 Å². The molecule has 4 nitrogen and oxygen atoms in total. The lowest BCUT2D eigenvalue weighted by atomic mass is 9.99. The molecule has 0 aromatic heterocycles. The Morgan fingerprint density at radius 2 is 2.14 bits per heavy atom. The summed E-state index contributed by atoms with van der Waals surface area (Å²) in [6, 6.07) is 8.63. The number of morpholine rings is 1. The van der Waals surface area contributed by atoms with E-state index in [4.69, 9.17) is 4.74 Å². The summed E-state index contributed by atoms with van der Waals surface area (Å²) in [5, 5.41) is 0. The summed E-state index contributed by atoms with van der Waals surface area (Å²) in [7, 11) is 0. The Morgan fingerprint density at radius 1 is 1.32 bits per heavy atom. The van der Waals surface area contributed by atoms with Gasteiger partial charge in [0, 0.05) is 19.6 Å². The number of carbonyl (C=O) groups excluding carboxylic acids is 1. The molecule has 3 rings (SSSR count). The van der Waals surface area contributed by atoms with Crippen LogP contribution in [-0.4, -0.2) is 54.6 Å². The molecule has 0 unspecified atom stereocenters. The van der Waals surface area contributed by atoms with Crippen molar-refractivity contribution in [3.63, 3.8) is 0 Å². The first kappa shape index (κ1) is 15.5. The number of amides is 1. The largest absolute Gasteiger partial charge is 0.366 e. The van der Waals surface area contributed by atoms with Gasteiger partial charge in [0.25, 0.3) is 5.91 Å². The van der Waals surface area contributed by atoms with Gasteiger partial charge in [0.05, 0.1) is 12.6 Å². The Bertz CT molecular complexity index is 532. The molecule has 0 aliphatic carbocycles. The van der Waals surface area contributed by atoms with Crippen molar-refractivity contribution in [3.8, 4) is 0 Å². The Hall–Kier alpha value is -1.39. The highest BCUT2D eigenvalue weighted by Crippen LogP contribution is 2.34. The van der Waals surface area contributed by atoms with E-state index in [0.29, 0.717) is 6.61 Å². The molecule has 4 heteroatoms. The number of hydrogen-bond donors (Lipinski definition) is 0. The van der Waals surface area contributed by atoms with E-state index in [2.05, 4.69) is 43.0 Å². The van der Waals surface area contributed by atoms with Gasteiger partial charge in [-0.3, -0.25) is 9.69 Å². The fourth-order valence-electron chi connectivity index (χ4n) is 3.64. The Kier molecular flexibility index (Phi) is 4.79. The van der Waals surface area contributed by atoms with Crippen molar-refractivity contribution < 1.29 is 9.53 Å². The minimum atomic E-state index is -0.293. The van der Waals surface area contributed by atoms with Crippen LogP contribution in [0, 0.1) is 6.92 Å². The van der Waals surface area contributed by atoms with Gasteiger partial charge in [0.2, 0.25) is 0 Å². The van der Waals surface area contributed by atoms with E-state index in [1.165, 1.54) is 11.1 Å². The molecule has 1 aromatic carbocycles. The summed E-state index contributed by atoms with van der Waals surface area (Å²) in [4.78, 5) is 17.3. The first-order valence-corrected chi connectivity index (χ1v) is 8.40. The number of aryl methyl sites for hydroxylation is 1. The second-order valence-electron chi connectivity index (χ2n) is 6.30. The molecule has 2 atom stereocenters.